The van der Waals surface area contributed by atoms with Crippen molar-refractivity contribution in [1.82, 2.24) is 25.1 Å². The third-order valence-electron chi connectivity index (χ3n) is 5.11. The van der Waals surface area contributed by atoms with Gasteiger partial charge in [-0.2, -0.15) is 11.8 Å². The summed E-state index contributed by atoms with van der Waals surface area (Å²) in [5.41, 5.74) is 0. The lowest BCUT2D eigenvalue weighted by atomic mass is 10.2. The average Bonchev–Trinajstić information content (AvgIpc) is 2.73. The lowest BCUT2D eigenvalue weighted by molar-refractivity contribution is -0.131. The SMILES string of the molecule is CCNC(=NCCC(=O)N1CCN(c2ncccn2)CC1)N1CCSC(C)(C)C1. The van der Waals surface area contributed by atoms with Crippen molar-refractivity contribution in [3.8, 4) is 0 Å². The van der Waals surface area contributed by atoms with Crippen molar-refractivity contribution in [2.75, 3.05) is 63.0 Å². The molecule has 29 heavy (non-hydrogen) atoms. The highest BCUT2D eigenvalue weighted by atomic mass is 32.2. The minimum absolute atomic E-state index is 0.174. The Bertz CT molecular complexity index is 689. The monoisotopic (exact) mass is 419 g/mol. The van der Waals surface area contributed by atoms with Crippen molar-refractivity contribution in [1.29, 1.82) is 0 Å². The zero-order chi connectivity index (χ0) is 20.7. The number of aromatic nitrogens is 2. The summed E-state index contributed by atoms with van der Waals surface area (Å²) in [6.07, 6.45) is 3.95. The van der Waals surface area contributed by atoms with E-state index in [0.717, 1.165) is 50.4 Å². The Morgan fingerprint density at radius 2 is 1.90 bits per heavy atom. The van der Waals surface area contributed by atoms with E-state index in [1.807, 2.05) is 22.7 Å². The number of anilines is 1. The van der Waals surface area contributed by atoms with E-state index in [1.54, 1.807) is 12.4 Å². The van der Waals surface area contributed by atoms with Crippen LogP contribution in [0.2, 0.25) is 0 Å². The van der Waals surface area contributed by atoms with E-state index < -0.39 is 0 Å². The summed E-state index contributed by atoms with van der Waals surface area (Å²) in [6, 6.07) is 1.81. The third kappa shape index (κ3) is 6.22. The molecule has 160 valence electrons. The second-order valence-electron chi connectivity index (χ2n) is 7.93. The Morgan fingerprint density at radius 3 is 2.55 bits per heavy atom. The van der Waals surface area contributed by atoms with Crippen LogP contribution in [0.4, 0.5) is 5.95 Å². The molecule has 0 aromatic carbocycles. The molecule has 2 aliphatic heterocycles. The predicted octanol–water partition coefficient (Wildman–Crippen LogP) is 1.31. The van der Waals surface area contributed by atoms with Crippen molar-refractivity contribution in [3.05, 3.63) is 18.5 Å². The molecular formula is C20H33N7OS. The first-order chi connectivity index (χ1) is 14.0. The number of amides is 1. The number of aliphatic imine (C=N–C) groups is 1. The zero-order valence-corrected chi connectivity index (χ0v) is 18.6. The first kappa shape index (κ1) is 21.7. The van der Waals surface area contributed by atoms with Gasteiger partial charge in [0.25, 0.3) is 0 Å². The Morgan fingerprint density at radius 1 is 1.17 bits per heavy atom. The van der Waals surface area contributed by atoms with E-state index in [1.165, 1.54) is 0 Å². The highest BCUT2D eigenvalue weighted by molar-refractivity contribution is 8.00. The van der Waals surface area contributed by atoms with Crippen LogP contribution in [0.25, 0.3) is 0 Å². The lowest BCUT2D eigenvalue weighted by Gasteiger charge is -2.39. The van der Waals surface area contributed by atoms with Gasteiger partial charge in [-0.3, -0.25) is 9.79 Å². The van der Waals surface area contributed by atoms with Gasteiger partial charge in [-0.05, 0) is 26.8 Å². The molecular weight excluding hydrogens is 386 g/mol. The Hall–Kier alpha value is -2.03. The Balaban J connectivity index is 1.47. The maximum atomic E-state index is 12.6. The fourth-order valence-electron chi connectivity index (χ4n) is 3.65. The fourth-order valence-corrected chi connectivity index (χ4v) is 4.76. The van der Waals surface area contributed by atoms with Crippen LogP contribution in [0, 0.1) is 0 Å². The Labute approximate surface area is 178 Å². The molecule has 3 rings (SSSR count). The summed E-state index contributed by atoms with van der Waals surface area (Å²) >= 11 is 2.01. The number of carbonyl (C=O) groups is 1. The summed E-state index contributed by atoms with van der Waals surface area (Å²) < 4.78 is 0.229. The predicted molar refractivity (Wildman–Crippen MR) is 120 cm³/mol. The standard InChI is InChI=1S/C20H33N7OS/c1-4-21-18(27-14-15-29-20(2,3)16-27)24-9-6-17(28)25-10-12-26(13-11-25)19-22-7-5-8-23-19/h5,7-8H,4,6,9-16H2,1-3H3,(H,21,24). The van der Waals surface area contributed by atoms with Gasteiger partial charge in [0.1, 0.15) is 0 Å². The molecule has 0 saturated carbocycles. The topological polar surface area (TPSA) is 77.0 Å². The smallest absolute Gasteiger partial charge is 0.225 e. The molecule has 1 amide bonds. The molecule has 3 heterocycles. The van der Waals surface area contributed by atoms with E-state index in [2.05, 4.69) is 45.9 Å². The van der Waals surface area contributed by atoms with Gasteiger partial charge >= 0.3 is 0 Å². The van der Waals surface area contributed by atoms with E-state index in [9.17, 15) is 4.79 Å². The van der Waals surface area contributed by atoms with Gasteiger partial charge in [-0.15, -0.1) is 0 Å². The van der Waals surface area contributed by atoms with Crippen molar-refractivity contribution in [3.63, 3.8) is 0 Å². The van der Waals surface area contributed by atoms with Crippen LogP contribution in [0.5, 0.6) is 0 Å². The summed E-state index contributed by atoms with van der Waals surface area (Å²) in [5, 5.41) is 3.39. The molecule has 2 fully saturated rings. The van der Waals surface area contributed by atoms with E-state index >= 15 is 0 Å². The summed E-state index contributed by atoms with van der Waals surface area (Å²) in [4.78, 5) is 32.3. The number of hydrogen-bond acceptors (Lipinski definition) is 6. The van der Waals surface area contributed by atoms with Crippen LogP contribution in [0.15, 0.2) is 23.5 Å². The quantitative estimate of drug-likeness (QED) is 0.569. The average molecular weight is 420 g/mol. The maximum absolute atomic E-state index is 12.6. The normalized spacial score (nSPS) is 20.0. The first-order valence-corrected chi connectivity index (χ1v) is 11.4. The van der Waals surface area contributed by atoms with E-state index in [4.69, 9.17) is 4.99 Å². The second kappa shape index (κ2) is 10.1. The van der Waals surface area contributed by atoms with Crippen LogP contribution in [0.1, 0.15) is 27.2 Å². The number of carbonyl (C=O) groups excluding carboxylic acids is 1. The molecule has 0 unspecified atom stereocenters. The molecule has 0 radical (unpaired) electrons. The van der Waals surface area contributed by atoms with Gasteiger partial charge in [0.05, 0.1) is 6.54 Å². The molecule has 8 nitrogen and oxygen atoms in total. The molecule has 2 aliphatic rings. The molecule has 0 aliphatic carbocycles. The van der Waals surface area contributed by atoms with Crippen molar-refractivity contribution < 1.29 is 4.79 Å². The fraction of sp³-hybridized carbons (Fsp3) is 0.700. The van der Waals surface area contributed by atoms with Gasteiger partial charge in [0, 0.05) is 75.1 Å². The highest BCUT2D eigenvalue weighted by Crippen LogP contribution is 2.29. The molecule has 0 atom stereocenters. The van der Waals surface area contributed by atoms with Gasteiger partial charge < -0.3 is 20.0 Å². The number of nitrogens with one attached hydrogen (secondary N) is 1. The lowest BCUT2D eigenvalue weighted by Crippen LogP contribution is -2.51. The van der Waals surface area contributed by atoms with E-state index in [0.29, 0.717) is 26.1 Å². The molecule has 1 aromatic heterocycles. The minimum atomic E-state index is 0.174. The van der Waals surface area contributed by atoms with Crippen molar-refractivity contribution >= 4 is 29.6 Å². The summed E-state index contributed by atoms with van der Waals surface area (Å²) in [5.74, 6) is 2.95. The first-order valence-electron chi connectivity index (χ1n) is 10.5. The van der Waals surface area contributed by atoms with Crippen LogP contribution >= 0.6 is 11.8 Å². The van der Waals surface area contributed by atoms with Crippen molar-refractivity contribution in [2.45, 2.75) is 31.9 Å². The number of guanidine groups is 1. The summed E-state index contributed by atoms with van der Waals surface area (Å²) in [7, 11) is 0. The van der Waals surface area contributed by atoms with Crippen molar-refractivity contribution in [2.24, 2.45) is 4.99 Å². The molecule has 1 aromatic rings. The molecule has 0 bridgehead atoms. The maximum Gasteiger partial charge on any atom is 0.225 e. The van der Waals surface area contributed by atoms with Crippen LogP contribution in [0.3, 0.4) is 0 Å². The van der Waals surface area contributed by atoms with E-state index in [-0.39, 0.29) is 10.7 Å². The number of hydrogen-bond donors (Lipinski definition) is 1. The third-order valence-corrected chi connectivity index (χ3v) is 6.41. The molecule has 0 spiro atoms. The zero-order valence-electron chi connectivity index (χ0n) is 17.8. The molecule has 9 heteroatoms. The van der Waals surface area contributed by atoms with Gasteiger partial charge in [0.2, 0.25) is 11.9 Å². The second-order valence-corrected chi connectivity index (χ2v) is 9.73. The number of rotatable bonds is 5. The van der Waals surface area contributed by atoms with Gasteiger partial charge in [-0.25, -0.2) is 9.97 Å². The largest absolute Gasteiger partial charge is 0.357 e. The molecule has 2 saturated heterocycles. The number of thioether (sulfide) groups is 1. The highest BCUT2D eigenvalue weighted by Gasteiger charge is 2.29. The number of piperazine rings is 1. The van der Waals surface area contributed by atoms with Crippen LogP contribution in [-0.2, 0) is 4.79 Å². The van der Waals surface area contributed by atoms with Gasteiger partial charge in [-0.1, -0.05) is 0 Å². The van der Waals surface area contributed by atoms with Crippen LogP contribution < -0.4 is 10.2 Å². The van der Waals surface area contributed by atoms with Crippen LogP contribution in [-0.4, -0.2) is 94.5 Å². The van der Waals surface area contributed by atoms with Gasteiger partial charge in [0.15, 0.2) is 5.96 Å². The minimum Gasteiger partial charge on any atom is -0.357 e. The Kier molecular flexibility index (Phi) is 7.57. The molecule has 1 N–H and O–H groups in total. The summed E-state index contributed by atoms with van der Waals surface area (Å²) in [6.45, 7) is 12.9. The number of nitrogens with zero attached hydrogens (tertiary/aromatic N) is 6.